The molecule has 0 fully saturated rings. The van der Waals surface area contributed by atoms with Gasteiger partial charge in [0.25, 0.3) is 5.91 Å². The van der Waals surface area contributed by atoms with Crippen LogP contribution in [0.1, 0.15) is 16.9 Å². The van der Waals surface area contributed by atoms with Crippen molar-refractivity contribution in [3.8, 4) is 16.9 Å². The summed E-state index contributed by atoms with van der Waals surface area (Å²) < 4.78 is 12.3. The Kier molecular flexibility index (Phi) is 6.60. The monoisotopic (exact) mass is 365 g/mol. The van der Waals surface area contributed by atoms with Gasteiger partial charge in [0.2, 0.25) is 0 Å². The minimum atomic E-state index is -0.197. The predicted molar refractivity (Wildman–Crippen MR) is 104 cm³/mol. The summed E-state index contributed by atoms with van der Waals surface area (Å²) in [5.74, 6) is 0.549. The summed E-state index contributed by atoms with van der Waals surface area (Å²) in [6.45, 7) is 1.41. The largest absolute Gasteiger partial charge is 0.471 e. The average molecular weight is 365 g/mol. The third-order valence-corrected chi connectivity index (χ3v) is 4.01. The number of benzene rings is 2. The molecule has 140 valence electrons. The van der Waals surface area contributed by atoms with Crippen LogP contribution >= 0.6 is 0 Å². The van der Waals surface area contributed by atoms with E-state index in [9.17, 15) is 4.79 Å². The zero-order chi connectivity index (χ0) is 18.9. The van der Waals surface area contributed by atoms with Gasteiger partial charge in [0.15, 0.2) is 6.73 Å². The molecule has 27 heavy (non-hydrogen) atoms. The van der Waals surface area contributed by atoms with Crippen molar-refractivity contribution in [3.63, 3.8) is 0 Å². The van der Waals surface area contributed by atoms with Gasteiger partial charge in [-0.1, -0.05) is 42.5 Å². The third kappa shape index (κ3) is 5.43. The highest BCUT2D eigenvalue weighted by Crippen LogP contribution is 2.22. The van der Waals surface area contributed by atoms with Crippen molar-refractivity contribution in [1.82, 2.24) is 15.1 Å². The Hall–Kier alpha value is -3.12. The van der Waals surface area contributed by atoms with Gasteiger partial charge in [-0.3, -0.25) is 4.79 Å². The van der Waals surface area contributed by atoms with Gasteiger partial charge in [0, 0.05) is 26.5 Å². The minimum absolute atomic E-state index is 0.197. The first kappa shape index (κ1) is 18.7. The molecule has 0 atom stereocenters. The van der Waals surface area contributed by atoms with Crippen molar-refractivity contribution < 1.29 is 14.3 Å². The first-order valence-electron chi connectivity index (χ1n) is 8.85. The molecule has 0 unspecified atom stereocenters. The Bertz CT molecular complexity index is 845. The fourth-order valence-electron chi connectivity index (χ4n) is 2.58. The van der Waals surface area contributed by atoms with Crippen molar-refractivity contribution in [1.29, 1.82) is 0 Å². The number of rotatable bonds is 9. The summed E-state index contributed by atoms with van der Waals surface area (Å²) in [5.41, 5.74) is 2.67. The van der Waals surface area contributed by atoms with E-state index in [0.29, 0.717) is 18.8 Å². The maximum absolute atomic E-state index is 12.0. The Morgan fingerprint density at radius 1 is 1.04 bits per heavy atom. The van der Waals surface area contributed by atoms with Gasteiger partial charge in [-0.25, -0.2) is 4.68 Å². The maximum atomic E-state index is 12.0. The number of amides is 1. The number of hydrogen-bond donors (Lipinski definition) is 1. The summed E-state index contributed by atoms with van der Waals surface area (Å²) in [7, 11) is 1.64. The van der Waals surface area contributed by atoms with Crippen LogP contribution in [0.3, 0.4) is 0 Å². The molecule has 0 saturated carbocycles. The number of carbonyl (C=O) groups excluding carboxylic acids is 1. The molecule has 6 nitrogen and oxygen atoms in total. The second kappa shape index (κ2) is 9.54. The zero-order valence-electron chi connectivity index (χ0n) is 15.3. The molecule has 1 heterocycles. The second-order valence-corrected chi connectivity index (χ2v) is 6.01. The number of hydrogen-bond acceptors (Lipinski definition) is 4. The lowest BCUT2D eigenvalue weighted by Crippen LogP contribution is -2.25. The maximum Gasteiger partial charge on any atom is 0.271 e. The molecule has 0 spiro atoms. The molecular weight excluding hydrogens is 342 g/mol. The fraction of sp³-hybridized carbons (Fsp3) is 0.238. The number of aromatic nitrogens is 2. The molecule has 6 heteroatoms. The van der Waals surface area contributed by atoms with Crippen molar-refractivity contribution in [3.05, 3.63) is 72.6 Å². The summed E-state index contributed by atoms with van der Waals surface area (Å²) in [6.07, 6.45) is 2.49. The highest BCUT2D eigenvalue weighted by Gasteiger charge is 2.09. The van der Waals surface area contributed by atoms with E-state index in [-0.39, 0.29) is 12.6 Å². The van der Waals surface area contributed by atoms with Gasteiger partial charge < -0.3 is 14.8 Å². The second-order valence-electron chi connectivity index (χ2n) is 6.01. The molecule has 1 N–H and O–H groups in total. The SMILES string of the molecule is COCCCNC(=O)c1ccn(COc2ccc(-c3ccccc3)cc2)n1. The number of methoxy groups -OCH3 is 1. The third-order valence-electron chi connectivity index (χ3n) is 4.01. The Balaban J connectivity index is 1.50. The Morgan fingerprint density at radius 3 is 2.52 bits per heavy atom. The molecule has 1 aromatic heterocycles. The molecule has 1 amide bonds. The molecular formula is C21H23N3O3. The molecule has 2 aromatic carbocycles. The van der Waals surface area contributed by atoms with Gasteiger partial charge in [-0.05, 0) is 35.7 Å². The molecule has 0 aliphatic rings. The Labute approximate surface area is 158 Å². The first-order valence-corrected chi connectivity index (χ1v) is 8.85. The van der Waals surface area contributed by atoms with Crippen molar-refractivity contribution in [2.24, 2.45) is 0 Å². The van der Waals surface area contributed by atoms with Gasteiger partial charge in [0.05, 0.1) is 0 Å². The standard InChI is InChI=1S/C21H23N3O3/c1-26-15-5-13-22-21(25)20-12-14-24(23-20)16-27-19-10-8-18(9-11-19)17-6-3-2-4-7-17/h2-4,6-12,14H,5,13,15-16H2,1H3,(H,22,25). The van der Waals surface area contributed by atoms with Crippen molar-refractivity contribution >= 4 is 5.91 Å². The highest BCUT2D eigenvalue weighted by molar-refractivity contribution is 5.92. The lowest BCUT2D eigenvalue weighted by molar-refractivity contribution is 0.0941. The van der Waals surface area contributed by atoms with Gasteiger partial charge in [-0.15, -0.1) is 0 Å². The van der Waals surface area contributed by atoms with Crippen LogP contribution in [0, 0.1) is 0 Å². The normalized spacial score (nSPS) is 10.6. The molecule has 0 aliphatic carbocycles. The van der Waals surface area contributed by atoms with E-state index in [1.807, 2.05) is 42.5 Å². The Morgan fingerprint density at radius 2 is 1.78 bits per heavy atom. The van der Waals surface area contributed by atoms with Crippen LogP contribution in [0.5, 0.6) is 5.75 Å². The van der Waals surface area contributed by atoms with Crippen LogP contribution in [0.15, 0.2) is 66.9 Å². The predicted octanol–water partition coefficient (Wildman–Crippen LogP) is 3.35. The first-order chi connectivity index (χ1) is 13.3. The summed E-state index contributed by atoms with van der Waals surface area (Å²) in [4.78, 5) is 12.0. The lowest BCUT2D eigenvalue weighted by atomic mass is 10.1. The smallest absolute Gasteiger partial charge is 0.271 e. The quantitative estimate of drug-likeness (QED) is 0.591. The lowest BCUT2D eigenvalue weighted by Gasteiger charge is -2.07. The summed E-state index contributed by atoms with van der Waals surface area (Å²) in [6, 6.07) is 19.7. The van der Waals surface area contributed by atoms with E-state index in [0.717, 1.165) is 23.3 Å². The topological polar surface area (TPSA) is 65.4 Å². The van der Waals surface area contributed by atoms with Crippen molar-refractivity contribution in [2.45, 2.75) is 13.2 Å². The number of nitrogens with one attached hydrogen (secondary N) is 1. The number of carbonyl (C=O) groups is 1. The van der Waals surface area contributed by atoms with Crippen LogP contribution in [0.2, 0.25) is 0 Å². The summed E-state index contributed by atoms with van der Waals surface area (Å²) in [5, 5.41) is 7.04. The number of nitrogens with zero attached hydrogens (tertiary/aromatic N) is 2. The molecule has 0 bridgehead atoms. The molecule has 0 radical (unpaired) electrons. The van der Waals surface area contributed by atoms with Crippen LogP contribution in [-0.2, 0) is 11.5 Å². The molecule has 0 saturated heterocycles. The number of ether oxygens (including phenoxy) is 2. The fourth-order valence-corrected chi connectivity index (χ4v) is 2.58. The van der Waals surface area contributed by atoms with E-state index in [4.69, 9.17) is 9.47 Å². The zero-order valence-corrected chi connectivity index (χ0v) is 15.3. The van der Waals surface area contributed by atoms with Crippen LogP contribution in [0.4, 0.5) is 0 Å². The van der Waals surface area contributed by atoms with Crippen LogP contribution in [-0.4, -0.2) is 35.9 Å². The molecule has 3 rings (SSSR count). The highest BCUT2D eigenvalue weighted by atomic mass is 16.5. The van der Waals surface area contributed by atoms with E-state index < -0.39 is 0 Å². The van der Waals surface area contributed by atoms with E-state index >= 15 is 0 Å². The summed E-state index contributed by atoms with van der Waals surface area (Å²) >= 11 is 0. The van der Waals surface area contributed by atoms with E-state index in [2.05, 4.69) is 22.5 Å². The van der Waals surface area contributed by atoms with E-state index in [1.54, 1.807) is 24.1 Å². The van der Waals surface area contributed by atoms with Gasteiger partial charge in [0.1, 0.15) is 11.4 Å². The van der Waals surface area contributed by atoms with Gasteiger partial charge in [-0.2, -0.15) is 5.10 Å². The van der Waals surface area contributed by atoms with Crippen LogP contribution in [0.25, 0.3) is 11.1 Å². The van der Waals surface area contributed by atoms with Gasteiger partial charge >= 0.3 is 0 Å². The van der Waals surface area contributed by atoms with Crippen molar-refractivity contribution in [2.75, 3.05) is 20.3 Å². The molecule has 3 aromatic rings. The average Bonchev–Trinajstić information content (AvgIpc) is 3.20. The van der Waals surface area contributed by atoms with Crippen LogP contribution < -0.4 is 10.1 Å². The van der Waals surface area contributed by atoms with E-state index in [1.165, 1.54) is 0 Å². The molecule has 0 aliphatic heterocycles. The minimum Gasteiger partial charge on any atom is -0.471 e.